The van der Waals surface area contributed by atoms with Crippen molar-refractivity contribution in [3.05, 3.63) is 0 Å². The molecule has 0 heterocycles. The number of unbranched alkanes of at least 4 members (excludes halogenated alkanes) is 2. The van der Waals surface area contributed by atoms with Crippen molar-refractivity contribution in [2.24, 2.45) is 17.8 Å². The normalized spacial score (nSPS) is 16.6. The highest BCUT2D eigenvalue weighted by molar-refractivity contribution is 7.47. The Morgan fingerprint density at radius 3 is 1.91 bits per heavy atom. The Bertz CT molecular complexity index is 506. The van der Waals surface area contributed by atoms with Gasteiger partial charge in [-0.05, 0) is 38.3 Å². The molecule has 0 aromatic heterocycles. The predicted octanol–water partition coefficient (Wildman–Crippen LogP) is 6.54. The highest BCUT2D eigenvalue weighted by atomic mass is 31.2. The number of methoxy groups -OCH3 is 1. The molecule has 0 saturated heterocycles. The number of phosphoric ester groups is 1. The van der Waals surface area contributed by atoms with Crippen molar-refractivity contribution < 1.29 is 28.0 Å². The van der Waals surface area contributed by atoms with E-state index in [1.807, 2.05) is 19.0 Å². The first-order valence-electron chi connectivity index (χ1n) is 13.4. The van der Waals surface area contributed by atoms with E-state index in [1.165, 1.54) is 51.4 Å². The van der Waals surface area contributed by atoms with E-state index < -0.39 is 13.9 Å². The third-order valence-electron chi connectivity index (χ3n) is 6.21. The molecule has 0 aliphatic heterocycles. The molecule has 4 atom stereocenters. The van der Waals surface area contributed by atoms with Crippen molar-refractivity contribution in [3.63, 3.8) is 0 Å². The van der Waals surface area contributed by atoms with Crippen LogP contribution < -0.4 is 0 Å². The quantitative estimate of drug-likeness (QED) is 0.117. The summed E-state index contributed by atoms with van der Waals surface area (Å²) in [5.74, 6) is 2.50. The lowest BCUT2D eigenvalue weighted by Crippen LogP contribution is -2.24. The molecule has 0 saturated carbocycles. The monoisotopic (exact) mass is 509 g/mol. The van der Waals surface area contributed by atoms with Gasteiger partial charge in [-0.2, -0.15) is 0 Å². The number of hydrogen-bond acceptors (Lipinski definition) is 6. The van der Waals surface area contributed by atoms with Crippen LogP contribution >= 0.6 is 7.82 Å². The molecule has 4 unspecified atom stereocenters. The fourth-order valence-electron chi connectivity index (χ4n) is 3.80. The Hall–Kier alpha value is -0.0100. The van der Waals surface area contributed by atoms with Gasteiger partial charge >= 0.3 is 7.82 Å². The average Bonchev–Trinajstić information content (AvgIpc) is 2.74. The number of phosphoric acid groups is 1. The molecule has 34 heavy (non-hydrogen) atoms. The highest BCUT2D eigenvalue weighted by Gasteiger charge is 2.23. The standard InChI is InChI=1S/C26H56NO6P/c1-23(2)13-11-15-25(4)17-12-16-24(3)14-9-8-10-19-31-21-26(30-7)22-33-34(28,29)32-20-18-27(5)6/h23-26H,8-22H2,1-7H3,(H,28,29). The minimum Gasteiger partial charge on any atom is -0.379 e. The first kappa shape index (κ1) is 34.0. The molecule has 0 aromatic carbocycles. The summed E-state index contributed by atoms with van der Waals surface area (Å²) in [6.07, 6.45) is 12.5. The van der Waals surface area contributed by atoms with Gasteiger partial charge in [-0.15, -0.1) is 0 Å². The lowest BCUT2D eigenvalue weighted by molar-refractivity contribution is -0.0222. The van der Waals surface area contributed by atoms with Crippen LogP contribution in [0.4, 0.5) is 0 Å². The molecule has 0 bridgehead atoms. The Labute approximate surface area is 210 Å². The number of rotatable bonds is 24. The molecule has 0 rings (SSSR count). The van der Waals surface area contributed by atoms with Crippen molar-refractivity contribution >= 4 is 7.82 Å². The summed E-state index contributed by atoms with van der Waals surface area (Å²) in [5.41, 5.74) is 0. The summed E-state index contributed by atoms with van der Waals surface area (Å²) in [5, 5.41) is 0. The van der Waals surface area contributed by atoms with Crippen LogP contribution in [0.3, 0.4) is 0 Å². The van der Waals surface area contributed by atoms with E-state index >= 15 is 0 Å². The molecule has 1 N–H and O–H groups in total. The SMILES string of the molecule is COC(COCCCCCC(C)CCCC(C)CCCC(C)C)COP(=O)(O)OCCN(C)C. The summed E-state index contributed by atoms with van der Waals surface area (Å²) in [6, 6.07) is 0. The second-order valence-electron chi connectivity index (χ2n) is 10.6. The van der Waals surface area contributed by atoms with Crippen LogP contribution in [0, 0.1) is 17.8 Å². The predicted molar refractivity (Wildman–Crippen MR) is 141 cm³/mol. The lowest BCUT2D eigenvalue weighted by atomic mass is 9.92. The summed E-state index contributed by atoms with van der Waals surface area (Å²) >= 11 is 0. The topological polar surface area (TPSA) is 77.5 Å². The molecule has 0 aliphatic carbocycles. The third-order valence-corrected chi connectivity index (χ3v) is 7.20. The summed E-state index contributed by atoms with van der Waals surface area (Å²) in [6.45, 7) is 11.0. The molecule has 0 aromatic rings. The smallest absolute Gasteiger partial charge is 0.379 e. The Morgan fingerprint density at radius 1 is 0.765 bits per heavy atom. The van der Waals surface area contributed by atoms with Crippen LogP contribution in [-0.2, 0) is 23.1 Å². The number of ether oxygens (including phenoxy) is 2. The highest BCUT2D eigenvalue weighted by Crippen LogP contribution is 2.43. The maximum Gasteiger partial charge on any atom is 0.472 e. The minimum atomic E-state index is -4.06. The van der Waals surface area contributed by atoms with Crippen LogP contribution in [0.2, 0.25) is 0 Å². The van der Waals surface area contributed by atoms with Crippen molar-refractivity contribution in [1.29, 1.82) is 0 Å². The van der Waals surface area contributed by atoms with Crippen LogP contribution in [0.15, 0.2) is 0 Å². The Balaban J connectivity index is 3.70. The second kappa shape index (κ2) is 21.1. The van der Waals surface area contributed by atoms with E-state index in [0.717, 1.165) is 30.6 Å². The number of likely N-dealkylation sites (N-methyl/N-ethyl adjacent to an activating group) is 1. The van der Waals surface area contributed by atoms with Crippen LogP contribution in [0.1, 0.15) is 91.9 Å². The van der Waals surface area contributed by atoms with Gasteiger partial charge in [0, 0.05) is 20.3 Å². The second-order valence-corrected chi connectivity index (χ2v) is 12.1. The van der Waals surface area contributed by atoms with Gasteiger partial charge in [-0.1, -0.05) is 85.5 Å². The Morgan fingerprint density at radius 2 is 1.35 bits per heavy atom. The molecular formula is C26H56NO6P. The summed E-state index contributed by atoms with van der Waals surface area (Å²) < 4.78 is 32.8. The van der Waals surface area contributed by atoms with E-state index in [0.29, 0.717) is 19.8 Å². The zero-order valence-corrected chi connectivity index (χ0v) is 24.2. The van der Waals surface area contributed by atoms with Gasteiger partial charge in [0.1, 0.15) is 6.10 Å². The van der Waals surface area contributed by atoms with E-state index in [2.05, 4.69) is 27.7 Å². The molecule has 0 fully saturated rings. The zero-order valence-electron chi connectivity index (χ0n) is 23.3. The molecule has 7 nitrogen and oxygen atoms in total. The van der Waals surface area contributed by atoms with Gasteiger partial charge in [0.05, 0.1) is 19.8 Å². The van der Waals surface area contributed by atoms with Gasteiger partial charge in [-0.25, -0.2) is 4.57 Å². The molecular weight excluding hydrogens is 453 g/mol. The summed E-state index contributed by atoms with van der Waals surface area (Å²) in [7, 11) is 1.21. The van der Waals surface area contributed by atoms with E-state index in [9.17, 15) is 9.46 Å². The summed E-state index contributed by atoms with van der Waals surface area (Å²) in [4.78, 5) is 11.6. The molecule has 0 amide bonds. The number of hydrogen-bond donors (Lipinski definition) is 1. The molecule has 0 radical (unpaired) electrons. The van der Waals surface area contributed by atoms with Crippen LogP contribution in [0.5, 0.6) is 0 Å². The van der Waals surface area contributed by atoms with Crippen molar-refractivity contribution in [3.8, 4) is 0 Å². The minimum absolute atomic E-state index is 0.0416. The van der Waals surface area contributed by atoms with Crippen molar-refractivity contribution in [2.45, 2.75) is 98.0 Å². The fraction of sp³-hybridized carbons (Fsp3) is 1.00. The Kier molecular flexibility index (Phi) is 21.1. The van der Waals surface area contributed by atoms with Gasteiger partial charge in [0.2, 0.25) is 0 Å². The van der Waals surface area contributed by atoms with Gasteiger partial charge < -0.3 is 19.3 Å². The lowest BCUT2D eigenvalue weighted by Gasteiger charge is -2.19. The average molecular weight is 510 g/mol. The van der Waals surface area contributed by atoms with E-state index in [-0.39, 0.29) is 13.2 Å². The van der Waals surface area contributed by atoms with Gasteiger partial charge in [0.15, 0.2) is 0 Å². The molecule has 8 heteroatoms. The fourth-order valence-corrected chi connectivity index (χ4v) is 4.55. The van der Waals surface area contributed by atoms with Gasteiger partial charge in [0.25, 0.3) is 0 Å². The van der Waals surface area contributed by atoms with E-state index in [4.69, 9.17) is 18.5 Å². The maximum absolute atomic E-state index is 11.9. The van der Waals surface area contributed by atoms with Gasteiger partial charge in [-0.3, -0.25) is 9.05 Å². The first-order chi connectivity index (χ1) is 16.1. The van der Waals surface area contributed by atoms with Crippen molar-refractivity contribution in [2.75, 3.05) is 54.2 Å². The maximum atomic E-state index is 11.9. The number of nitrogens with zero attached hydrogens (tertiary/aromatic N) is 1. The van der Waals surface area contributed by atoms with Crippen LogP contribution in [0.25, 0.3) is 0 Å². The third kappa shape index (κ3) is 22.5. The molecule has 206 valence electrons. The van der Waals surface area contributed by atoms with Crippen molar-refractivity contribution in [1.82, 2.24) is 4.90 Å². The van der Waals surface area contributed by atoms with E-state index in [1.54, 1.807) is 7.11 Å². The zero-order chi connectivity index (χ0) is 25.8. The van der Waals surface area contributed by atoms with Crippen LogP contribution in [-0.4, -0.2) is 70.1 Å². The first-order valence-corrected chi connectivity index (χ1v) is 14.9. The molecule has 0 spiro atoms. The molecule has 0 aliphatic rings. The largest absolute Gasteiger partial charge is 0.472 e.